The number of hydrogen-bond acceptors (Lipinski definition) is 2. The molecule has 0 fully saturated rings. The third-order valence-electron chi connectivity index (χ3n) is 14.0. The van der Waals surface area contributed by atoms with Gasteiger partial charge in [0.1, 0.15) is 11.2 Å². The highest BCUT2D eigenvalue weighted by molar-refractivity contribution is 6.10. The van der Waals surface area contributed by atoms with Gasteiger partial charge in [0.15, 0.2) is 0 Å². The van der Waals surface area contributed by atoms with Crippen LogP contribution in [0.1, 0.15) is 25.0 Å². The third-order valence-corrected chi connectivity index (χ3v) is 14.0. The van der Waals surface area contributed by atoms with Crippen LogP contribution in [0, 0.1) is 0 Å². The maximum atomic E-state index is 6.15. The van der Waals surface area contributed by atoms with E-state index in [0.717, 1.165) is 50.1 Å². The highest BCUT2D eigenvalue weighted by Gasteiger charge is 2.35. The van der Waals surface area contributed by atoms with Gasteiger partial charge in [-0.25, -0.2) is 0 Å². The van der Waals surface area contributed by atoms with E-state index in [1.165, 1.54) is 72.0 Å². The van der Waals surface area contributed by atoms with Gasteiger partial charge < -0.3 is 13.9 Å². The van der Waals surface area contributed by atoms with Gasteiger partial charge in [0, 0.05) is 49.7 Å². The number of furan rings is 1. The van der Waals surface area contributed by atoms with E-state index in [2.05, 4.69) is 242 Å². The van der Waals surface area contributed by atoms with E-state index < -0.39 is 0 Å². The number of rotatable bonds is 7. The van der Waals surface area contributed by atoms with E-state index in [1.807, 2.05) is 12.1 Å². The molecule has 2 aromatic heterocycles. The van der Waals surface area contributed by atoms with Gasteiger partial charge >= 0.3 is 0 Å². The summed E-state index contributed by atoms with van der Waals surface area (Å²) in [7, 11) is 0. The Kier molecular flexibility index (Phi) is 8.56. The molecule has 312 valence electrons. The molecule has 13 rings (SSSR count). The van der Waals surface area contributed by atoms with Crippen molar-refractivity contribution in [3.8, 4) is 50.2 Å². The zero-order chi connectivity index (χ0) is 43.9. The van der Waals surface area contributed by atoms with E-state index in [1.54, 1.807) is 0 Å². The first-order chi connectivity index (χ1) is 32.5. The lowest BCUT2D eigenvalue weighted by Gasteiger charge is -2.28. The van der Waals surface area contributed by atoms with Crippen LogP contribution in [0.2, 0.25) is 0 Å². The van der Waals surface area contributed by atoms with Crippen molar-refractivity contribution in [3.63, 3.8) is 0 Å². The van der Waals surface area contributed by atoms with Crippen LogP contribution in [0.4, 0.5) is 17.1 Å². The Morgan fingerprint density at radius 1 is 0.348 bits per heavy atom. The number of aromatic nitrogens is 1. The van der Waals surface area contributed by atoms with Crippen molar-refractivity contribution >= 4 is 60.8 Å². The van der Waals surface area contributed by atoms with Crippen molar-refractivity contribution in [2.75, 3.05) is 4.90 Å². The van der Waals surface area contributed by atoms with E-state index in [0.29, 0.717) is 0 Å². The molecule has 0 amide bonds. The van der Waals surface area contributed by atoms with Gasteiger partial charge in [0.25, 0.3) is 0 Å². The molecule has 0 radical (unpaired) electrons. The van der Waals surface area contributed by atoms with Crippen molar-refractivity contribution < 1.29 is 4.42 Å². The zero-order valence-electron chi connectivity index (χ0n) is 36.7. The quantitative estimate of drug-likeness (QED) is 0.159. The highest BCUT2D eigenvalue weighted by atomic mass is 16.3. The molecular weight excluding hydrogens is 801 g/mol. The monoisotopic (exact) mass is 844 g/mol. The highest BCUT2D eigenvalue weighted by Crippen LogP contribution is 2.51. The van der Waals surface area contributed by atoms with Crippen LogP contribution in [-0.4, -0.2) is 4.57 Å². The zero-order valence-corrected chi connectivity index (χ0v) is 36.7. The number of para-hydroxylation sites is 3. The van der Waals surface area contributed by atoms with E-state index in [4.69, 9.17) is 4.42 Å². The smallest absolute Gasteiger partial charge is 0.135 e. The van der Waals surface area contributed by atoms with Crippen LogP contribution < -0.4 is 4.90 Å². The Morgan fingerprint density at radius 2 is 0.848 bits per heavy atom. The summed E-state index contributed by atoms with van der Waals surface area (Å²) in [5.74, 6) is 0. The standard InChI is InChI=1S/C63H44N2O/c1-63(2)57-17-9-6-14-51(57)52-35-34-50(40-58(52)63)64(49-32-26-44(27-33-49)46-29-37-62-56(39-46)54-16-8-11-19-61(54)66-62)48-30-24-42(25-31-48)41-20-22-43(23-21-41)45-28-36-60-55(38-45)53-15-7-10-18-59(53)65(60)47-12-4-3-5-13-47/h3-40H,1-2H3. The van der Waals surface area contributed by atoms with E-state index in [9.17, 15) is 0 Å². The molecule has 3 heteroatoms. The fourth-order valence-electron chi connectivity index (χ4n) is 10.7. The summed E-state index contributed by atoms with van der Waals surface area (Å²) in [6.45, 7) is 4.70. The van der Waals surface area contributed by atoms with Crippen LogP contribution >= 0.6 is 0 Å². The van der Waals surface area contributed by atoms with E-state index >= 15 is 0 Å². The van der Waals surface area contributed by atoms with Crippen molar-refractivity contribution in [3.05, 3.63) is 242 Å². The number of hydrogen-bond donors (Lipinski definition) is 0. The molecule has 0 aliphatic heterocycles. The Balaban J connectivity index is 0.845. The number of fused-ring (bicyclic) bond motifs is 9. The number of nitrogens with zero attached hydrogens (tertiary/aromatic N) is 2. The summed E-state index contributed by atoms with van der Waals surface area (Å²) < 4.78 is 8.52. The topological polar surface area (TPSA) is 21.3 Å². The van der Waals surface area contributed by atoms with Crippen molar-refractivity contribution in [1.29, 1.82) is 0 Å². The molecule has 0 N–H and O–H groups in total. The minimum absolute atomic E-state index is 0.115. The molecule has 10 aromatic carbocycles. The summed E-state index contributed by atoms with van der Waals surface area (Å²) >= 11 is 0. The second-order valence-electron chi connectivity index (χ2n) is 18.1. The summed E-state index contributed by atoms with van der Waals surface area (Å²) in [5, 5.41) is 4.79. The van der Waals surface area contributed by atoms with Crippen molar-refractivity contribution in [2.24, 2.45) is 0 Å². The van der Waals surface area contributed by atoms with Gasteiger partial charge in [0.05, 0.1) is 11.0 Å². The number of benzene rings is 10. The first-order valence-corrected chi connectivity index (χ1v) is 22.8. The molecule has 0 saturated heterocycles. The Bertz CT molecular complexity index is 3820. The van der Waals surface area contributed by atoms with Gasteiger partial charge in [-0.3, -0.25) is 0 Å². The fraction of sp³-hybridized carbons (Fsp3) is 0.0476. The fourth-order valence-corrected chi connectivity index (χ4v) is 10.7. The Morgan fingerprint density at radius 3 is 1.58 bits per heavy atom. The first-order valence-electron chi connectivity index (χ1n) is 22.8. The maximum Gasteiger partial charge on any atom is 0.135 e. The predicted octanol–water partition coefficient (Wildman–Crippen LogP) is 17.5. The minimum Gasteiger partial charge on any atom is -0.456 e. The second kappa shape index (κ2) is 14.8. The molecule has 12 aromatic rings. The number of anilines is 3. The average molecular weight is 845 g/mol. The Labute approximate surface area is 384 Å². The van der Waals surface area contributed by atoms with Crippen LogP contribution in [0.15, 0.2) is 235 Å². The summed E-state index contributed by atoms with van der Waals surface area (Å²) in [6.07, 6.45) is 0. The summed E-state index contributed by atoms with van der Waals surface area (Å²) in [6, 6.07) is 83.9. The Hall–Kier alpha value is -8.40. The third kappa shape index (κ3) is 6.04. The molecule has 0 unspecified atom stereocenters. The molecule has 1 aliphatic rings. The average Bonchev–Trinajstić information content (AvgIpc) is 3.99. The van der Waals surface area contributed by atoms with Crippen LogP contribution in [0.3, 0.4) is 0 Å². The largest absolute Gasteiger partial charge is 0.456 e. The van der Waals surface area contributed by atoms with E-state index in [-0.39, 0.29) is 5.41 Å². The second-order valence-corrected chi connectivity index (χ2v) is 18.1. The lowest BCUT2D eigenvalue weighted by molar-refractivity contribution is 0.660. The predicted molar refractivity (Wildman–Crippen MR) is 277 cm³/mol. The van der Waals surface area contributed by atoms with Gasteiger partial charge in [-0.1, -0.05) is 159 Å². The maximum absolute atomic E-state index is 6.15. The molecule has 2 heterocycles. The van der Waals surface area contributed by atoms with Gasteiger partial charge in [-0.15, -0.1) is 0 Å². The molecule has 0 bridgehead atoms. The van der Waals surface area contributed by atoms with Gasteiger partial charge in [-0.2, -0.15) is 0 Å². The minimum atomic E-state index is -0.115. The van der Waals surface area contributed by atoms with Crippen LogP contribution in [0.25, 0.3) is 93.9 Å². The molecule has 0 saturated carbocycles. The lowest BCUT2D eigenvalue weighted by Crippen LogP contribution is -2.16. The van der Waals surface area contributed by atoms with Crippen LogP contribution in [0.5, 0.6) is 0 Å². The van der Waals surface area contributed by atoms with Crippen molar-refractivity contribution in [1.82, 2.24) is 4.57 Å². The van der Waals surface area contributed by atoms with Gasteiger partial charge in [0.2, 0.25) is 0 Å². The molecule has 0 spiro atoms. The molecule has 66 heavy (non-hydrogen) atoms. The summed E-state index contributed by atoms with van der Waals surface area (Å²) in [5.41, 5.74) is 21.1. The molecule has 3 nitrogen and oxygen atoms in total. The van der Waals surface area contributed by atoms with Crippen LogP contribution in [-0.2, 0) is 5.41 Å². The first kappa shape index (κ1) is 38.1. The normalized spacial score (nSPS) is 12.8. The lowest BCUT2D eigenvalue weighted by atomic mass is 9.82. The summed E-state index contributed by atoms with van der Waals surface area (Å²) in [4.78, 5) is 2.40. The molecular formula is C63H44N2O. The SMILES string of the molecule is CC1(C)c2ccccc2-c2ccc(N(c3ccc(-c4ccc(-c5ccc6c(c5)c5ccccc5n6-c5ccccc5)cc4)cc3)c3ccc(-c4ccc5oc6ccccc6c5c4)cc3)cc21. The molecule has 0 atom stereocenters. The molecule has 1 aliphatic carbocycles. The van der Waals surface area contributed by atoms with Crippen molar-refractivity contribution in [2.45, 2.75) is 19.3 Å². The van der Waals surface area contributed by atoms with Gasteiger partial charge in [-0.05, 0) is 141 Å².